The van der Waals surface area contributed by atoms with Crippen LogP contribution < -0.4 is 0 Å². The number of benzene rings is 2. The number of rotatable bonds is 2. The molecular formula is C21H14ClFN6O. The number of halogens is 2. The van der Waals surface area contributed by atoms with E-state index in [9.17, 15) is 4.39 Å². The molecule has 0 spiro atoms. The van der Waals surface area contributed by atoms with Crippen LogP contribution in [0.25, 0.3) is 11.4 Å². The molecule has 148 valence electrons. The van der Waals surface area contributed by atoms with Crippen LogP contribution in [-0.2, 0) is 11.2 Å². The predicted molar refractivity (Wildman–Crippen MR) is 108 cm³/mol. The molecule has 4 aromatic rings. The molecule has 4 heterocycles. The standard InChI is InChI=1S/C21H14ClFN6O/c22-13-3-6-17-18(7-13)29-15(9-25-27-29)8-19-20(24-11-28(17)19)21-26-16(10-30-21)12-1-4-14(23)5-2-12/h1-7,9,11,16H,8,10H2/t16-/m1/s1. The number of aromatic nitrogens is 5. The maximum atomic E-state index is 13.2. The van der Waals surface area contributed by atoms with Crippen molar-refractivity contribution in [1.29, 1.82) is 0 Å². The molecular weight excluding hydrogens is 407 g/mol. The van der Waals surface area contributed by atoms with Gasteiger partial charge in [0.05, 0.1) is 29.0 Å². The Morgan fingerprint density at radius 2 is 1.97 bits per heavy atom. The molecule has 0 amide bonds. The number of hydrogen-bond acceptors (Lipinski definition) is 5. The molecule has 2 aromatic carbocycles. The highest BCUT2D eigenvalue weighted by atomic mass is 35.5. The minimum atomic E-state index is -0.273. The lowest BCUT2D eigenvalue weighted by molar-refractivity contribution is 0.319. The lowest BCUT2D eigenvalue weighted by atomic mass is 10.1. The van der Waals surface area contributed by atoms with Crippen LogP contribution in [0.3, 0.4) is 0 Å². The Morgan fingerprint density at radius 1 is 1.10 bits per heavy atom. The molecule has 0 aliphatic carbocycles. The molecule has 9 heteroatoms. The molecule has 2 aliphatic rings. The summed E-state index contributed by atoms with van der Waals surface area (Å²) in [6, 6.07) is 11.8. The molecule has 0 bridgehead atoms. The number of fused-ring (bicyclic) bond motifs is 5. The molecule has 0 N–H and O–H groups in total. The smallest absolute Gasteiger partial charge is 0.238 e. The van der Waals surface area contributed by atoms with Gasteiger partial charge in [0.2, 0.25) is 5.90 Å². The summed E-state index contributed by atoms with van der Waals surface area (Å²) in [5.74, 6) is 0.208. The van der Waals surface area contributed by atoms with Crippen LogP contribution in [-0.4, -0.2) is 37.0 Å². The van der Waals surface area contributed by atoms with Crippen molar-refractivity contribution in [1.82, 2.24) is 24.5 Å². The maximum Gasteiger partial charge on any atom is 0.238 e. The number of imidazole rings is 1. The van der Waals surface area contributed by atoms with E-state index < -0.39 is 0 Å². The largest absolute Gasteiger partial charge is 0.474 e. The molecule has 0 fully saturated rings. The molecule has 30 heavy (non-hydrogen) atoms. The van der Waals surface area contributed by atoms with Crippen LogP contribution >= 0.6 is 11.6 Å². The van der Waals surface area contributed by atoms with Gasteiger partial charge in [0.15, 0.2) is 0 Å². The second-order valence-electron chi connectivity index (χ2n) is 7.17. The summed E-state index contributed by atoms with van der Waals surface area (Å²) in [7, 11) is 0. The van der Waals surface area contributed by atoms with Gasteiger partial charge in [0, 0.05) is 11.4 Å². The molecule has 2 aromatic heterocycles. The zero-order valence-electron chi connectivity index (χ0n) is 15.5. The molecule has 6 rings (SSSR count). The van der Waals surface area contributed by atoms with Crippen molar-refractivity contribution in [3.63, 3.8) is 0 Å². The minimum absolute atomic E-state index is 0.193. The normalized spacial score (nSPS) is 16.9. The van der Waals surface area contributed by atoms with Gasteiger partial charge in [-0.1, -0.05) is 28.9 Å². The Morgan fingerprint density at radius 3 is 2.83 bits per heavy atom. The van der Waals surface area contributed by atoms with Crippen molar-refractivity contribution in [2.45, 2.75) is 12.5 Å². The van der Waals surface area contributed by atoms with Gasteiger partial charge in [0.25, 0.3) is 0 Å². The molecule has 0 unspecified atom stereocenters. The highest BCUT2D eigenvalue weighted by Crippen LogP contribution is 2.32. The summed E-state index contributed by atoms with van der Waals surface area (Å²) in [6.07, 6.45) is 4.04. The van der Waals surface area contributed by atoms with E-state index in [2.05, 4.69) is 15.3 Å². The van der Waals surface area contributed by atoms with Crippen molar-refractivity contribution in [3.05, 3.63) is 88.5 Å². The lowest BCUT2D eigenvalue weighted by Gasteiger charge is -2.10. The molecule has 0 radical (unpaired) electrons. The Kier molecular flexibility index (Phi) is 3.76. The summed E-state index contributed by atoms with van der Waals surface area (Å²) in [4.78, 5) is 9.33. The SMILES string of the molecule is Fc1ccc([C@H]2COC(c3ncn4c3Cc3cnnn3-c3cc(Cl)ccc3-4)=N2)cc1. The second-order valence-corrected chi connectivity index (χ2v) is 7.61. The number of aliphatic imine (C=N–C) groups is 1. The van der Waals surface area contributed by atoms with Crippen LogP contribution in [0.15, 0.2) is 60.0 Å². The number of hydrogen-bond donors (Lipinski definition) is 0. The third-order valence-corrected chi connectivity index (χ3v) is 5.60. The topological polar surface area (TPSA) is 70.1 Å². The zero-order valence-corrected chi connectivity index (χ0v) is 16.3. The van der Waals surface area contributed by atoms with Gasteiger partial charge in [-0.05, 0) is 35.9 Å². The van der Waals surface area contributed by atoms with Gasteiger partial charge in [-0.2, -0.15) is 0 Å². The van der Waals surface area contributed by atoms with E-state index >= 15 is 0 Å². The van der Waals surface area contributed by atoms with E-state index in [4.69, 9.17) is 21.3 Å². The van der Waals surface area contributed by atoms with Crippen molar-refractivity contribution < 1.29 is 9.13 Å². The van der Waals surface area contributed by atoms with Gasteiger partial charge in [-0.15, -0.1) is 5.10 Å². The van der Waals surface area contributed by atoms with Gasteiger partial charge in [0.1, 0.15) is 30.5 Å². The van der Waals surface area contributed by atoms with Crippen LogP contribution in [0.2, 0.25) is 5.02 Å². The van der Waals surface area contributed by atoms with E-state index in [1.54, 1.807) is 29.3 Å². The molecule has 2 aliphatic heterocycles. The fraction of sp³-hybridized carbons (Fsp3) is 0.143. The molecule has 7 nitrogen and oxygen atoms in total. The Bertz CT molecular complexity index is 1310. The van der Waals surface area contributed by atoms with E-state index in [1.807, 2.05) is 22.8 Å². The van der Waals surface area contributed by atoms with E-state index in [0.29, 0.717) is 29.6 Å². The van der Waals surface area contributed by atoms with E-state index in [0.717, 1.165) is 28.3 Å². The quantitative estimate of drug-likeness (QED) is 0.437. The summed E-state index contributed by atoms with van der Waals surface area (Å²) in [6.45, 7) is 0.388. The first-order chi connectivity index (χ1) is 14.7. The van der Waals surface area contributed by atoms with E-state index in [1.165, 1.54) is 12.1 Å². The first kappa shape index (κ1) is 17.3. The van der Waals surface area contributed by atoms with Crippen LogP contribution in [0.5, 0.6) is 0 Å². The lowest BCUT2D eigenvalue weighted by Crippen LogP contribution is -2.08. The summed E-state index contributed by atoms with van der Waals surface area (Å²) >= 11 is 6.23. The first-order valence-electron chi connectivity index (χ1n) is 9.40. The van der Waals surface area contributed by atoms with Crippen molar-refractivity contribution in [3.8, 4) is 11.4 Å². The predicted octanol–water partition coefficient (Wildman–Crippen LogP) is 3.67. The van der Waals surface area contributed by atoms with Gasteiger partial charge in [-0.3, -0.25) is 4.57 Å². The highest BCUT2D eigenvalue weighted by Gasteiger charge is 2.29. The van der Waals surface area contributed by atoms with E-state index in [-0.39, 0.29) is 11.9 Å². The van der Waals surface area contributed by atoms with Gasteiger partial charge >= 0.3 is 0 Å². The third kappa shape index (κ3) is 2.64. The Hall–Kier alpha value is -3.52. The summed E-state index contributed by atoms with van der Waals surface area (Å²) in [5, 5.41) is 8.91. The van der Waals surface area contributed by atoms with Crippen LogP contribution in [0.4, 0.5) is 4.39 Å². The second kappa shape index (κ2) is 6.50. The van der Waals surface area contributed by atoms with Gasteiger partial charge < -0.3 is 4.74 Å². The number of ether oxygens (including phenoxy) is 1. The van der Waals surface area contributed by atoms with Crippen LogP contribution in [0.1, 0.15) is 28.7 Å². The molecule has 0 saturated carbocycles. The third-order valence-electron chi connectivity index (χ3n) is 5.37. The Labute approximate surface area is 175 Å². The summed E-state index contributed by atoms with van der Waals surface area (Å²) in [5.41, 5.74) is 5.14. The van der Waals surface area contributed by atoms with Crippen molar-refractivity contribution in [2.24, 2.45) is 4.99 Å². The average Bonchev–Trinajstić information content (AvgIpc) is 3.48. The Balaban J connectivity index is 1.46. The van der Waals surface area contributed by atoms with Gasteiger partial charge in [-0.25, -0.2) is 19.0 Å². The average molecular weight is 421 g/mol. The highest BCUT2D eigenvalue weighted by molar-refractivity contribution is 6.30. The maximum absolute atomic E-state index is 13.2. The van der Waals surface area contributed by atoms with Crippen LogP contribution in [0, 0.1) is 5.82 Å². The zero-order chi connectivity index (χ0) is 20.2. The van der Waals surface area contributed by atoms with Crippen molar-refractivity contribution in [2.75, 3.05) is 6.61 Å². The number of nitrogens with zero attached hydrogens (tertiary/aromatic N) is 6. The van der Waals surface area contributed by atoms with Crippen molar-refractivity contribution >= 4 is 17.5 Å². The fourth-order valence-corrected chi connectivity index (χ4v) is 4.08. The first-order valence-corrected chi connectivity index (χ1v) is 9.78. The minimum Gasteiger partial charge on any atom is -0.474 e. The molecule has 1 atom stereocenters. The summed E-state index contributed by atoms with van der Waals surface area (Å²) < 4.78 is 22.9. The molecule has 0 saturated heterocycles. The fourth-order valence-electron chi connectivity index (χ4n) is 3.91. The monoisotopic (exact) mass is 420 g/mol.